The van der Waals surface area contributed by atoms with Crippen LogP contribution >= 0.6 is 0 Å². The Balaban J connectivity index is 8.42. The standard InChI is InChI=1S/C6H13O.3C4H2F7.Sn/c1-2-3-4-5-6-7;3*5-1-3(8,9)4(10,11)2(6)7;/h2-6H2,1H3;3*1H2;/q-1;;;;+1. The maximum absolute atomic E-state index is 15.1. The second-order valence-corrected chi connectivity index (χ2v) is 18.6. The average molecular weight is 769 g/mol. The van der Waals surface area contributed by atoms with E-state index in [1.165, 1.54) is 6.92 Å². The molecule has 0 aromatic rings. The molecule has 0 saturated heterocycles. The molecule has 0 rings (SSSR count). The molecule has 0 atom stereocenters. The molecule has 0 heterocycles. The van der Waals surface area contributed by atoms with E-state index in [2.05, 4.69) is 3.07 Å². The van der Waals surface area contributed by atoms with Gasteiger partial charge in [0.05, 0.1) is 0 Å². The molecule has 0 N–H and O–H groups in total. The van der Waals surface area contributed by atoms with Gasteiger partial charge in [-0.3, -0.25) is 0 Å². The van der Waals surface area contributed by atoms with E-state index in [1.807, 2.05) is 0 Å². The van der Waals surface area contributed by atoms with Crippen molar-refractivity contribution >= 4 is 18.8 Å². The van der Waals surface area contributed by atoms with Crippen molar-refractivity contribution in [3.05, 3.63) is 0 Å². The van der Waals surface area contributed by atoms with Crippen LogP contribution in [-0.4, -0.2) is 92.8 Å². The molecule has 0 bridgehead atoms. The number of halogens is 21. The molecule has 1 nitrogen and oxygen atoms in total. The fraction of sp³-hybridized carbons (Fsp3) is 1.00. The Morgan fingerprint density at radius 1 is 0.439 bits per heavy atom. The van der Waals surface area contributed by atoms with E-state index in [1.54, 1.807) is 0 Å². The Kier molecular flexibility index (Phi) is 12.1. The van der Waals surface area contributed by atoms with E-state index in [4.69, 9.17) is 0 Å². The number of rotatable bonds is 18. The van der Waals surface area contributed by atoms with Crippen molar-refractivity contribution < 1.29 is 95.3 Å². The second kappa shape index (κ2) is 12.4. The molecule has 0 saturated carbocycles. The van der Waals surface area contributed by atoms with Crippen LogP contribution < -0.4 is 0 Å². The van der Waals surface area contributed by atoms with Crippen molar-refractivity contribution in [2.75, 3.05) is 26.6 Å². The van der Waals surface area contributed by atoms with Crippen molar-refractivity contribution in [1.82, 2.24) is 0 Å². The summed E-state index contributed by atoms with van der Waals surface area (Å²) in [4.78, 5) is 0. The van der Waals surface area contributed by atoms with Gasteiger partial charge in [0.25, 0.3) is 0 Å². The van der Waals surface area contributed by atoms with Gasteiger partial charge in [-0.2, -0.15) is 0 Å². The molecule has 0 unspecified atom stereocenters. The van der Waals surface area contributed by atoms with Gasteiger partial charge >= 0.3 is 221 Å². The van der Waals surface area contributed by atoms with Crippen LogP contribution in [0.1, 0.15) is 32.6 Å². The van der Waals surface area contributed by atoms with Gasteiger partial charge in [-0.25, -0.2) is 0 Å². The van der Waals surface area contributed by atoms with E-state index in [0.29, 0.717) is 0 Å². The Hall–Kier alpha value is -0.711. The number of alkyl halides is 21. The van der Waals surface area contributed by atoms with Gasteiger partial charge in [-0.15, -0.1) is 0 Å². The topological polar surface area (TPSA) is 9.23 Å². The molecule has 41 heavy (non-hydrogen) atoms. The van der Waals surface area contributed by atoms with Crippen molar-refractivity contribution in [3.8, 4) is 0 Å². The molecule has 0 fully saturated rings. The Morgan fingerprint density at radius 2 is 0.707 bits per heavy atom. The van der Waals surface area contributed by atoms with E-state index in [-0.39, 0.29) is 12.8 Å². The van der Waals surface area contributed by atoms with Gasteiger partial charge in [0.1, 0.15) is 0 Å². The molecule has 0 spiro atoms. The predicted molar refractivity (Wildman–Crippen MR) is 98.3 cm³/mol. The summed E-state index contributed by atoms with van der Waals surface area (Å²) in [7, 11) is 0. The number of hydrogen-bond donors (Lipinski definition) is 0. The van der Waals surface area contributed by atoms with E-state index in [9.17, 15) is 65.9 Å². The summed E-state index contributed by atoms with van der Waals surface area (Å²) >= 11 is -12.2. The zero-order valence-corrected chi connectivity index (χ0v) is 22.9. The van der Waals surface area contributed by atoms with Crippen LogP contribution in [0, 0.1) is 0 Å². The monoisotopic (exact) mass is 770 g/mol. The average Bonchev–Trinajstić information content (AvgIpc) is 2.84. The summed E-state index contributed by atoms with van der Waals surface area (Å²) in [6.45, 7) is -13.7. The summed E-state index contributed by atoms with van der Waals surface area (Å²) < 4.78 is 272. The van der Waals surface area contributed by atoms with Gasteiger partial charge in [-0.1, -0.05) is 0 Å². The van der Waals surface area contributed by atoms with Gasteiger partial charge in [0, 0.05) is 0 Å². The minimum absolute atomic E-state index is 0.0410. The summed E-state index contributed by atoms with van der Waals surface area (Å²) in [6.07, 6.45) is -2.15. The summed E-state index contributed by atoms with van der Waals surface area (Å²) in [5, 5.41) is 0. The minimum atomic E-state index is -12.2. The van der Waals surface area contributed by atoms with Crippen LogP contribution in [0.4, 0.5) is 92.2 Å². The first-order valence-electron chi connectivity index (χ1n) is 10.7. The summed E-state index contributed by atoms with van der Waals surface area (Å²) in [6, 6.07) is 0. The number of hydrogen-bond acceptors (Lipinski definition) is 1. The van der Waals surface area contributed by atoms with Gasteiger partial charge in [-0.05, 0) is 0 Å². The zero-order chi connectivity index (χ0) is 33.4. The Labute approximate surface area is 221 Å². The maximum atomic E-state index is 15.1. The second-order valence-electron chi connectivity index (χ2n) is 8.55. The van der Waals surface area contributed by atoms with Crippen molar-refractivity contribution in [2.45, 2.75) is 80.0 Å². The third-order valence-electron chi connectivity index (χ3n) is 5.71. The van der Waals surface area contributed by atoms with Crippen LogP contribution in [0.25, 0.3) is 0 Å². The van der Waals surface area contributed by atoms with Crippen LogP contribution in [0.2, 0.25) is 0 Å². The van der Waals surface area contributed by atoms with E-state index < -0.39 is 106 Å². The summed E-state index contributed by atoms with van der Waals surface area (Å²) in [5.74, 6) is -46.5. The molecule has 23 heteroatoms. The van der Waals surface area contributed by atoms with Crippen molar-refractivity contribution in [3.63, 3.8) is 0 Å². The molecular formula is C18H19F21OSn. The molecule has 0 aliphatic carbocycles. The molecular weight excluding hydrogens is 750 g/mol. The fourth-order valence-corrected chi connectivity index (χ4v) is 14.8. The molecule has 0 aliphatic heterocycles. The fourth-order valence-electron chi connectivity index (χ4n) is 3.22. The third-order valence-corrected chi connectivity index (χ3v) is 17.8. The SMILES string of the molecule is CCCCCC[O][Sn]([C](F)(F)C(F)(F)C(F)(F)CF)([C](F)(F)C(F)(F)C(F)(F)CF)[C](F)(F)C(F)(F)C(F)(F)CF. The Morgan fingerprint density at radius 3 is 0.927 bits per heavy atom. The molecule has 0 aliphatic rings. The van der Waals surface area contributed by atoms with Crippen LogP contribution in [0.3, 0.4) is 0 Å². The molecule has 0 amide bonds. The zero-order valence-electron chi connectivity index (χ0n) is 20.0. The van der Waals surface area contributed by atoms with Crippen LogP contribution in [0.15, 0.2) is 0 Å². The van der Waals surface area contributed by atoms with Crippen molar-refractivity contribution in [2.24, 2.45) is 0 Å². The van der Waals surface area contributed by atoms with Gasteiger partial charge in [0.2, 0.25) is 0 Å². The normalized spacial score (nSPS) is 16.0. The third kappa shape index (κ3) is 5.77. The number of unbranched alkanes of at least 4 members (excludes halogenated alkanes) is 3. The van der Waals surface area contributed by atoms with Crippen LogP contribution in [0.5, 0.6) is 0 Å². The van der Waals surface area contributed by atoms with Crippen molar-refractivity contribution in [1.29, 1.82) is 0 Å². The van der Waals surface area contributed by atoms with Gasteiger partial charge in [0.15, 0.2) is 0 Å². The first-order valence-corrected chi connectivity index (χ1v) is 16.2. The predicted octanol–water partition coefficient (Wildman–Crippen LogP) is 8.77. The van der Waals surface area contributed by atoms with E-state index >= 15 is 26.3 Å². The van der Waals surface area contributed by atoms with Gasteiger partial charge < -0.3 is 0 Å². The molecule has 0 radical (unpaired) electrons. The molecule has 248 valence electrons. The first-order chi connectivity index (χ1) is 18.0. The first kappa shape index (κ1) is 40.3. The Bertz CT molecular complexity index is 759. The molecule has 0 aromatic heterocycles. The van der Waals surface area contributed by atoms with Crippen LogP contribution in [-0.2, 0) is 3.07 Å². The molecule has 0 aromatic carbocycles. The summed E-state index contributed by atoms with van der Waals surface area (Å²) in [5.41, 5.74) is 0. The quantitative estimate of drug-likeness (QED) is 0.0771. The van der Waals surface area contributed by atoms with E-state index in [0.717, 1.165) is 0 Å².